The third-order valence-electron chi connectivity index (χ3n) is 2.87. The highest BCUT2D eigenvalue weighted by Crippen LogP contribution is 2.13. The van der Waals surface area contributed by atoms with Crippen LogP contribution in [0.25, 0.3) is 0 Å². The fraction of sp³-hybridized carbons (Fsp3) is 0.333. The molecule has 110 valence electrons. The average Bonchev–Trinajstić information content (AvgIpc) is 2.38. The molecule has 0 heterocycles. The van der Waals surface area contributed by atoms with Gasteiger partial charge in [0.1, 0.15) is 0 Å². The van der Waals surface area contributed by atoms with E-state index in [0.717, 1.165) is 11.2 Å². The maximum atomic E-state index is 11.9. The molecular formula is C12H16N2O5S. The van der Waals surface area contributed by atoms with Crippen molar-refractivity contribution >= 4 is 21.9 Å². The molecule has 1 rings (SSSR count). The molecular weight excluding hydrogens is 284 g/mol. The summed E-state index contributed by atoms with van der Waals surface area (Å²) in [6.45, 7) is 1.13. The SMILES string of the molecule is CC(C(=O)O)S(=O)(=O)N(C)Cc1ccc(C(N)=O)cc1. The highest BCUT2D eigenvalue weighted by atomic mass is 32.2. The van der Waals surface area contributed by atoms with Crippen LogP contribution in [-0.4, -0.2) is 42.0 Å². The Morgan fingerprint density at radius 1 is 1.30 bits per heavy atom. The Hall–Kier alpha value is -1.93. The minimum atomic E-state index is -3.92. The molecule has 0 fully saturated rings. The lowest BCUT2D eigenvalue weighted by atomic mass is 10.1. The van der Waals surface area contributed by atoms with Gasteiger partial charge >= 0.3 is 5.97 Å². The molecule has 0 saturated carbocycles. The first-order chi connectivity index (χ1) is 9.16. The predicted octanol–water partition coefficient (Wildman–Crippen LogP) is 0.0202. The van der Waals surface area contributed by atoms with Gasteiger partial charge in [-0.25, -0.2) is 8.42 Å². The van der Waals surface area contributed by atoms with Gasteiger partial charge in [-0.1, -0.05) is 12.1 Å². The van der Waals surface area contributed by atoms with Gasteiger partial charge in [0.2, 0.25) is 15.9 Å². The number of benzene rings is 1. The van der Waals surface area contributed by atoms with Gasteiger partial charge in [-0.2, -0.15) is 4.31 Å². The number of amides is 1. The largest absolute Gasteiger partial charge is 0.480 e. The van der Waals surface area contributed by atoms with Gasteiger partial charge in [-0.3, -0.25) is 9.59 Å². The van der Waals surface area contributed by atoms with Gasteiger partial charge in [0, 0.05) is 19.2 Å². The van der Waals surface area contributed by atoms with Crippen LogP contribution in [0.2, 0.25) is 0 Å². The number of sulfonamides is 1. The minimum Gasteiger partial charge on any atom is -0.480 e. The Bertz CT molecular complexity index is 609. The third kappa shape index (κ3) is 3.55. The fourth-order valence-electron chi connectivity index (χ4n) is 1.52. The summed E-state index contributed by atoms with van der Waals surface area (Å²) >= 11 is 0. The number of carboxylic acids is 1. The van der Waals surface area contributed by atoms with Gasteiger partial charge < -0.3 is 10.8 Å². The normalized spacial score (nSPS) is 13.2. The lowest BCUT2D eigenvalue weighted by molar-refractivity contribution is -0.136. The monoisotopic (exact) mass is 300 g/mol. The van der Waals surface area contributed by atoms with E-state index in [4.69, 9.17) is 10.8 Å². The molecule has 20 heavy (non-hydrogen) atoms. The van der Waals surface area contributed by atoms with Gasteiger partial charge in [0.05, 0.1) is 0 Å². The molecule has 7 nitrogen and oxygen atoms in total. The van der Waals surface area contributed by atoms with E-state index in [1.165, 1.54) is 19.2 Å². The van der Waals surface area contributed by atoms with Gasteiger partial charge in [-0.05, 0) is 24.6 Å². The number of aliphatic carboxylic acids is 1. The Morgan fingerprint density at radius 2 is 1.80 bits per heavy atom. The number of primary amides is 1. The first kappa shape index (κ1) is 16.1. The van der Waals surface area contributed by atoms with E-state index in [9.17, 15) is 18.0 Å². The zero-order chi connectivity index (χ0) is 15.5. The average molecular weight is 300 g/mol. The van der Waals surface area contributed by atoms with E-state index in [0.29, 0.717) is 11.1 Å². The predicted molar refractivity (Wildman–Crippen MR) is 72.4 cm³/mol. The van der Waals surface area contributed by atoms with Crippen molar-refractivity contribution in [3.05, 3.63) is 35.4 Å². The number of rotatable bonds is 6. The summed E-state index contributed by atoms with van der Waals surface area (Å²) in [5.74, 6) is -1.97. The first-order valence-corrected chi connectivity index (χ1v) is 7.23. The smallest absolute Gasteiger partial charge is 0.323 e. The second-order valence-electron chi connectivity index (χ2n) is 4.34. The molecule has 0 saturated heterocycles. The summed E-state index contributed by atoms with van der Waals surface area (Å²) in [7, 11) is -2.62. The summed E-state index contributed by atoms with van der Waals surface area (Å²) < 4.78 is 24.8. The summed E-state index contributed by atoms with van der Waals surface area (Å²) in [5, 5.41) is 7.26. The summed E-state index contributed by atoms with van der Waals surface area (Å²) in [6, 6.07) is 6.10. The zero-order valence-electron chi connectivity index (χ0n) is 11.1. The molecule has 1 aromatic carbocycles. The molecule has 8 heteroatoms. The summed E-state index contributed by atoms with van der Waals surface area (Å²) in [6.07, 6.45) is 0. The summed E-state index contributed by atoms with van der Waals surface area (Å²) in [5.41, 5.74) is 6.04. The van der Waals surface area contributed by atoms with Gasteiger partial charge in [0.25, 0.3) is 0 Å². The third-order valence-corrected chi connectivity index (χ3v) is 4.97. The quantitative estimate of drug-likeness (QED) is 0.768. The number of carboxylic acid groups (broad SMARTS) is 1. The van der Waals surface area contributed by atoms with E-state index in [2.05, 4.69) is 0 Å². The van der Waals surface area contributed by atoms with Gasteiger partial charge in [-0.15, -0.1) is 0 Å². The van der Waals surface area contributed by atoms with Crippen molar-refractivity contribution in [2.24, 2.45) is 5.73 Å². The van der Waals surface area contributed by atoms with Crippen molar-refractivity contribution in [1.82, 2.24) is 4.31 Å². The zero-order valence-corrected chi connectivity index (χ0v) is 11.9. The molecule has 0 aliphatic heterocycles. The number of carbonyl (C=O) groups excluding carboxylic acids is 1. The van der Waals surface area contributed by atoms with Crippen LogP contribution < -0.4 is 5.73 Å². The Kier molecular flexibility index (Phi) is 4.85. The van der Waals surface area contributed by atoms with Crippen LogP contribution in [0.4, 0.5) is 0 Å². The van der Waals surface area contributed by atoms with Crippen molar-refractivity contribution in [2.45, 2.75) is 18.7 Å². The van der Waals surface area contributed by atoms with Crippen molar-refractivity contribution < 1.29 is 23.1 Å². The van der Waals surface area contributed by atoms with Gasteiger partial charge in [0.15, 0.2) is 5.25 Å². The molecule has 1 aromatic rings. The molecule has 0 aliphatic rings. The van der Waals surface area contributed by atoms with Crippen LogP contribution in [0.3, 0.4) is 0 Å². The Labute approximate surface area is 117 Å². The molecule has 0 radical (unpaired) electrons. The van der Waals surface area contributed by atoms with Crippen molar-refractivity contribution in [1.29, 1.82) is 0 Å². The summed E-state index contributed by atoms with van der Waals surface area (Å²) in [4.78, 5) is 21.7. The van der Waals surface area contributed by atoms with Crippen molar-refractivity contribution in [3.63, 3.8) is 0 Å². The van der Waals surface area contributed by atoms with E-state index >= 15 is 0 Å². The number of hydrogen-bond donors (Lipinski definition) is 2. The van der Waals surface area contributed by atoms with E-state index in [1.54, 1.807) is 12.1 Å². The maximum Gasteiger partial charge on any atom is 0.323 e. The van der Waals surface area contributed by atoms with Crippen molar-refractivity contribution in [2.75, 3.05) is 7.05 Å². The van der Waals surface area contributed by atoms with Crippen LogP contribution in [0, 0.1) is 0 Å². The minimum absolute atomic E-state index is 0.0129. The lowest BCUT2D eigenvalue weighted by Gasteiger charge is -2.19. The topological polar surface area (TPSA) is 118 Å². The maximum absolute atomic E-state index is 11.9. The molecule has 1 atom stereocenters. The Balaban J connectivity index is 2.88. The number of hydrogen-bond acceptors (Lipinski definition) is 4. The molecule has 0 bridgehead atoms. The highest BCUT2D eigenvalue weighted by molar-refractivity contribution is 7.90. The second-order valence-corrected chi connectivity index (χ2v) is 6.70. The standard InChI is InChI=1S/C12H16N2O5S/c1-8(12(16)17)20(18,19)14(2)7-9-3-5-10(6-4-9)11(13)15/h3-6,8H,7H2,1-2H3,(H2,13,15)(H,16,17). The first-order valence-electron chi connectivity index (χ1n) is 5.73. The fourth-order valence-corrected chi connectivity index (χ4v) is 2.64. The number of carbonyl (C=O) groups is 2. The number of nitrogens with zero attached hydrogens (tertiary/aromatic N) is 1. The molecule has 3 N–H and O–H groups in total. The van der Waals surface area contributed by atoms with Crippen LogP contribution in [0.1, 0.15) is 22.8 Å². The van der Waals surface area contributed by atoms with E-state index in [-0.39, 0.29) is 6.54 Å². The Morgan fingerprint density at radius 3 is 2.20 bits per heavy atom. The molecule has 0 aliphatic carbocycles. The van der Waals surface area contributed by atoms with Crippen LogP contribution >= 0.6 is 0 Å². The number of nitrogens with two attached hydrogens (primary N) is 1. The van der Waals surface area contributed by atoms with Crippen LogP contribution in [0.5, 0.6) is 0 Å². The molecule has 0 spiro atoms. The molecule has 0 aromatic heterocycles. The van der Waals surface area contributed by atoms with E-state index in [1.807, 2.05) is 0 Å². The highest BCUT2D eigenvalue weighted by Gasteiger charge is 2.31. The lowest BCUT2D eigenvalue weighted by Crippen LogP contribution is -2.38. The van der Waals surface area contributed by atoms with Crippen molar-refractivity contribution in [3.8, 4) is 0 Å². The second kappa shape index (κ2) is 6.02. The van der Waals surface area contributed by atoms with Crippen LogP contribution in [0.15, 0.2) is 24.3 Å². The van der Waals surface area contributed by atoms with Crippen LogP contribution in [-0.2, 0) is 21.4 Å². The van der Waals surface area contributed by atoms with E-state index < -0.39 is 27.1 Å². The molecule has 1 unspecified atom stereocenters. The molecule has 1 amide bonds.